The average molecular weight is 320 g/mol. The molecule has 1 heterocycles. The molecule has 2 aliphatic rings. The number of carbonyl (C=O) groups is 2. The Bertz CT molecular complexity index is 600. The molecule has 0 bridgehead atoms. The molecule has 1 aromatic heterocycles. The third-order valence-electron chi connectivity index (χ3n) is 5.46. The highest BCUT2D eigenvalue weighted by atomic mass is 16.5. The maximum absolute atomic E-state index is 12.6. The van der Waals surface area contributed by atoms with E-state index in [9.17, 15) is 14.7 Å². The van der Waals surface area contributed by atoms with Crippen LogP contribution in [0.5, 0.6) is 0 Å². The summed E-state index contributed by atoms with van der Waals surface area (Å²) in [5.74, 6) is -0.0216. The molecule has 0 radical (unpaired) electrons. The van der Waals surface area contributed by atoms with E-state index in [0.29, 0.717) is 18.8 Å². The third kappa shape index (κ3) is 2.99. The van der Waals surface area contributed by atoms with Gasteiger partial charge in [-0.15, -0.1) is 0 Å². The van der Waals surface area contributed by atoms with E-state index in [1.54, 1.807) is 0 Å². The van der Waals surface area contributed by atoms with Gasteiger partial charge in [0.2, 0.25) is 0 Å². The zero-order valence-corrected chi connectivity index (χ0v) is 13.6. The lowest BCUT2D eigenvalue weighted by Crippen LogP contribution is -2.56. The Balaban J connectivity index is 1.77. The fraction of sp³-hybridized carbons (Fsp3) is 0.706. The predicted octanol–water partition coefficient (Wildman–Crippen LogP) is 2.71. The molecule has 0 saturated heterocycles. The molecular formula is C17H24N2O4. The van der Waals surface area contributed by atoms with Gasteiger partial charge in [0.25, 0.3) is 5.91 Å². The summed E-state index contributed by atoms with van der Waals surface area (Å²) in [4.78, 5) is 24.4. The van der Waals surface area contributed by atoms with Gasteiger partial charge in [-0.1, -0.05) is 18.5 Å². The molecule has 0 spiro atoms. The van der Waals surface area contributed by atoms with E-state index in [2.05, 4.69) is 17.4 Å². The molecule has 0 unspecified atom stereocenters. The first-order valence-corrected chi connectivity index (χ1v) is 8.59. The van der Waals surface area contributed by atoms with Crippen LogP contribution in [-0.2, 0) is 17.6 Å². The van der Waals surface area contributed by atoms with Crippen LogP contribution in [0.4, 0.5) is 0 Å². The van der Waals surface area contributed by atoms with Gasteiger partial charge < -0.3 is 14.9 Å². The van der Waals surface area contributed by atoms with E-state index in [-0.39, 0.29) is 5.69 Å². The summed E-state index contributed by atoms with van der Waals surface area (Å²) in [6, 6.07) is 0. The zero-order valence-electron chi connectivity index (χ0n) is 13.6. The average Bonchev–Trinajstić information content (AvgIpc) is 2.99. The van der Waals surface area contributed by atoms with Gasteiger partial charge >= 0.3 is 5.97 Å². The number of aryl methyl sites for hydroxylation is 1. The lowest BCUT2D eigenvalue weighted by Gasteiger charge is -2.37. The van der Waals surface area contributed by atoms with Crippen molar-refractivity contribution < 1.29 is 19.2 Å². The van der Waals surface area contributed by atoms with Crippen LogP contribution in [-0.4, -0.2) is 27.7 Å². The molecule has 0 aliphatic heterocycles. The molecular weight excluding hydrogens is 296 g/mol. The standard InChI is InChI=1S/C17H24N2O4/c1-2-11-7-9-17(10-8-11,16(21)22)18-15(20)14-12-5-3-4-6-13(12)23-19-14/h11H,2-10H2,1H3,(H,18,20)(H,21,22). The summed E-state index contributed by atoms with van der Waals surface area (Å²) in [5, 5.41) is 16.3. The van der Waals surface area contributed by atoms with Crippen molar-refractivity contribution in [1.82, 2.24) is 10.5 Å². The SMILES string of the molecule is CCC1CCC(NC(=O)c2noc3c2CCCC3)(C(=O)O)CC1. The predicted molar refractivity (Wildman–Crippen MR) is 83.2 cm³/mol. The Labute approximate surface area is 135 Å². The van der Waals surface area contributed by atoms with Gasteiger partial charge in [-0.3, -0.25) is 4.79 Å². The minimum atomic E-state index is -1.16. The van der Waals surface area contributed by atoms with Crippen molar-refractivity contribution in [2.75, 3.05) is 0 Å². The Morgan fingerprint density at radius 3 is 2.65 bits per heavy atom. The number of aromatic nitrogens is 1. The number of carboxylic acid groups (broad SMARTS) is 1. The largest absolute Gasteiger partial charge is 0.480 e. The second-order valence-electron chi connectivity index (χ2n) is 6.83. The fourth-order valence-corrected chi connectivity index (χ4v) is 3.81. The fourth-order valence-electron chi connectivity index (χ4n) is 3.81. The summed E-state index contributed by atoms with van der Waals surface area (Å²) in [7, 11) is 0. The number of nitrogens with one attached hydrogen (secondary N) is 1. The highest BCUT2D eigenvalue weighted by Gasteiger charge is 2.43. The lowest BCUT2D eigenvalue weighted by molar-refractivity contribution is -0.146. The number of hydrogen-bond donors (Lipinski definition) is 2. The Hall–Kier alpha value is -1.85. The Morgan fingerprint density at radius 2 is 2.00 bits per heavy atom. The molecule has 1 fully saturated rings. The number of fused-ring (bicyclic) bond motifs is 1. The van der Waals surface area contributed by atoms with Crippen LogP contribution < -0.4 is 5.32 Å². The van der Waals surface area contributed by atoms with Gasteiger partial charge in [0.1, 0.15) is 11.3 Å². The van der Waals surface area contributed by atoms with Crippen molar-refractivity contribution in [3.05, 3.63) is 17.0 Å². The van der Waals surface area contributed by atoms with E-state index < -0.39 is 17.4 Å². The van der Waals surface area contributed by atoms with Gasteiger partial charge in [0.05, 0.1) is 0 Å². The first-order valence-electron chi connectivity index (χ1n) is 8.59. The molecule has 6 heteroatoms. The van der Waals surface area contributed by atoms with Crippen LogP contribution in [0.3, 0.4) is 0 Å². The minimum absolute atomic E-state index is 0.276. The number of amides is 1. The molecule has 0 atom stereocenters. The molecule has 6 nitrogen and oxygen atoms in total. The number of carboxylic acids is 1. The number of hydrogen-bond acceptors (Lipinski definition) is 4. The molecule has 1 aromatic rings. The van der Waals surface area contributed by atoms with Gasteiger partial charge in [0, 0.05) is 12.0 Å². The van der Waals surface area contributed by atoms with Crippen LogP contribution in [0.1, 0.15) is 73.7 Å². The summed E-state index contributed by atoms with van der Waals surface area (Å²) in [6.07, 6.45) is 7.31. The molecule has 2 N–H and O–H groups in total. The molecule has 23 heavy (non-hydrogen) atoms. The van der Waals surface area contributed by atoms with Gasteiger partial charge in [-0.2, -0.15) is 0 Å². The van der Waals surface area contributed by atoms with Crippen LogP contribution >= 0.6 is 0 Å². The smallest absolute Gasteiger partial charge is 0.329 e. The van der Waals surface area contributed by atoms with Gasteiger partial charge in [0.15, 0.2) is 5.69 Å². The molecule has 126 valence electrons. The van der Waals surface area contributed by atoms with E-state index in [1.807, 2.05) is 0 Å². The van der Waals surface area contributed by atoms with Crippen LogP contribution in [0.25, 0.3) is 0 Å². The summed E-state index contributed by atoms with van der Waals surface area (Å²) < 4.78 is 5.27. The second kappa shape index (κ2) is 6.34. The molecule has 1 amide bonds. The molecule has 3 rings (SSSR count). The van der Waals surface area contributed by atoms with Crippen molar-refractivity contribution in [3.8, 4) is 0 Å². The van der Waals surface area contributed by atoms with Crippen molar-refractivity contribution in [3.63, 3.8) is 0 Å². The topological polar surface area (TPSA) is 92.4 Å². The lowest BCUT2D eigenvalue weighted by atomic mass is 9.75. The van der Waals surface area contributed by atoms with Crippen LogP contribution in [0.2, 0.25) is 0 Å². The molecule has 1 saturated carbocycles. The van der Waals surface area contributed by atoms with Gasteiger partial charge in [-0.05, 0) is 50.9 Å². The van der Waals surface area contributed by atoms with Crippen molar-refractivity contribution in [1.29, 1.82) is 0 Å². The van der Waals surface area contributed by atoms with Crippen molar-refractivity contribution in [2.45, 2.75) is 70.3 Å². The summed E-state index contributed by atoms with van der Waals surface area (Å²) >= 11 is 0. The van der Waals surface area contributed by atoms with Crippen molar-refractivity contribution >= 4 is 11.9 Å². The summed E-state index contributed by atoms with van der Waals surface area (Å²) in [5.41, 5.74) is -0.0297. The zero-order chi connectivity index (χ0) is 16.4. The van der Waals surface area contributed by atoms with Crippen LogP contribution in [0.15, 0.2) is 4.52 Å². The Morgan fingerprint density at radius 1 is 1.30 bits per heavy atom. The molecule has 0 aromatic carbocycles. The quantitative estimate of drug-likeness (QED) is 0.890. The van der Waals surface area contributed by atoms with E-state index >= 15 is 0 Å². The third-order valence-corrected chi connectivity index (χ3v) is 5.46. The summed E-state index contributed by atoms with van der Waals surface area (Å²) in [6.45, 7) is 2.12. The first-order chi connectivity index (χ1) is 11.1. The van der Waals surface area contributed by atoms with E-state index in [1.165, 1.54) is 0 Å². The monoisotopic (exact) mass is 320 g/mol. The maximum Gasteiger partial charge on any atom is 0.329 e. The van der Waals surface area contributed by atoms with E-state index in [0.717, 1.165) is 56.3 Å². The number of rotatable bonds is 4. The van der Waals surface area contributed by atoms with Crippen molar-refractivity contribution in [2.24, 2.45) is 5.92 Å². The maximum atomic E-state index is 12.6. The number of carbonyl (C=O) groups excluding carboxylic acids is 1. The first kappa shape index (κ1) is 16.0. The van der Waals surface area contributed by atoms with E-state index in [4.69, 9.17) is 4.52 Å². The van der Waals surface area contributed by atoms with Crippen LogP contribution in [0, 0.1) is 5.92 Å². The van der Waals surface area contributed by atoms with Gasteiger partial charge in [-0.25, -0.2) is 4.79 Å². The second-order valence-corrected chi connectivity index (χ2v) is 6.83. The highest BCUT2D eigenvalue weighted by molar-refractivity contribution is 5.97. The highest BCUT2D eigenvalue weighted by Crippen LogP contribution is 2.34. The number of aliphatic carboxylic acids is 1. The normalized spacial score (nSPS) is 27.3. The minimum Gasteiger partial charge on any atom is -0.480 e. The Kier molecular flexibility index (Phi) is 4.41. The number of nitrogens with zero attached hydrogens (tertiary/aromatic N) is 1. The molecule has 2 aliphatic carbocycles.